The van der Waals surface area contributed by atoms with Gasteiger partial charge in [0.2, 0.25) is 0 Å². The highest BCUT2D eigenvalue weighted by atomic mass is 79.9. The average Bonchev–Trinajstić information content (AvgIpc) is 2.57. The SMILES string of the molecule is CC1CN(c2nc(Br)cs2)CCN1C. The molecule has 1 unspecified atom stereocenters. The normalized spacial score (nSPS) is 24.2. The Bertz CT molecular complexity index is 315. The highest BCUT2D eigenvalue weighted by molar-refractivity contribution is 9.10. The Morgan fingerprint density at radius 1 is 1.57 bits per heavy atom. The summed E-state index contributed by atoms with van der Waals surface area (Å²) in [6.07, 6.45) is 0. The number of thiazole rings is 1. The van der Waals surface area contributed by atoms with Gasteiger partial charge in [-0.2, -0.15) is 0 Å². The zero-order chi connectivity index (χ0) is 10.1. The molecule has 3 nitrogen and oxygen atoms in total. The molecule has 2 rings (SSSR count). The Hall–Kier alpha value is -0.130. The van der Waals surface area contributed by atoms with Crippen LogP contribution in [0.25, 0.3) is 0 Å². The monoisotopic (exact) mass is 275 g/mol. The topological polar surface area (TPSA) is 19.4 Å². The summed E-state index contributed by atoms with van der Waals surface area (Å²) in [5.41, 5.74) is 0. The number of likely N-dealkylation sites (N-methyl/N-ethyl adjacent to an activating group) is 1. The largest absolute Gasteiger partial charge is 0.345 e. The minimum Gasteiger partial charge on any atom is -0.345 e. The summed E-state index contributed by atoms with van der Waals surface area (Å²) < 4.78 is 0.948. The van der Waals surface area contributed by atoms with E-state index in [0.29, 0.717) is 6.04 Å². The van der Waals surface area contributed by atoms with Gasteiger partial charge in [0.25, 0.3) is 0 Å². The molecule has 0 spiro atoms. The lowest BCUT2D eigenvalue weighted by molar-refractivity contribution is 0.234. The van der Waals surface area contributed by atoms with Gasteiger partial charge in [0.15, 0.2) is 5.13 Å². The number of hydrogen-bond acceptors (Lipinski definition) is 4. The fourth-order valence-corrected chi connectivity index (χ4v) is 2.90. The summed E-state index contributed by atoms with van der Waals surface area (Å²) in [6, 6.07) is 0.617. The van der Waals surface area contributed by atoms with Crippen LogP contribution < -0.4 is 4.90 Å². The summed E-state index contributed by atoms with van der Waals surface area (Å²) in [5.74, 6) is 0. The Morgan fingerprint density at radius 2 is 2.36 bits per heavy atom. The quantitative estimate of drug-likeness (QED) is 0.782. The maximum Gasteiger partial charge on any atom is 0.186 e. The molecule has 5 heteroatoms. The molecular weight excluding hydrogens is 262 g/mol. The zero-order valence-corrected chi connectivity index (χ0v) is 10.8. The Labute approximate surface area is 96.9 Å². The minimum absolute atomic E-state index is 0.617. The van der Waals surface area contributed by atoms with Crippen molar-refractivity contribution in [1.29, 1.82) is 0 Å². The van der Waals surface area contributed by atoms with Gasteiger partial charge in [-0.3, -0.25) is 0 Å². The second kappa shape index (κ2) is 4.16. The molecule has 78 valence electrons. The van der Waals surface area contributed by atoms with Crippen LogP contribution in [-0.4, -0.2) is 42.6 Å². The van der Waals surface area contributed by atoms with Gasteiger partial charge in [-0.1, -0.05) is 0 Å². The number of nitrogens with zero attached hydrogens (tertiary/aromatic N) is 3. The fourth-order valence-electron chi connectivity index (χ4n) is 1.61. The maximum absolute atomic E-state index is 4.44. The molecule has 0 aromatic carbocycles. The lowest BCUT2D eigenvalue weighted by atomic mass is 10.2. The van der Waals surface area contributed by atoms with Gasteiger partial charge in [0.1, 0.15) is 4.60 Å². The average molecular weight is 276 g/mol. The summed E-state index contributed by atoms with van der Waals surface area (Å²) in [5, 5.41) is 3.18. The second-order valence-electron chi connectivity index (χ2n) is 3.73. The van der Waals surface area contributed by atoms with Crippen LogP contribution in [0.3, 0.4) is 0 Å². The van der Waals surface area contributed by atoms with Crippen molar-refractivity contribution in [2.75, 3.05) is 31.6 Å². The molecule has 2 heterocycles. The summed E-state index contributed by atoms with van der Waals surface area (Å²) in [7, 11) is 2.18. The highest BCUT2D eigenvalue weighted by Crippen LogP contribution is 2.25. The van der Waals surface area contributed by atoms with Gasteiger partial charge in [0.05, 0.1) is 0 Å². The first-order valence-corrected chi connectivity index (χ1v) is 6.40. The van der Waals surface area contributed by atoms with Crippen LogP contribution >= 0.6 is 27.3 Å². The van der Waals surface area contributed by atoms with Crippen LogP contribution in [0.2, 0.25) is 0 Å². The zero-order valence-electron chi connectivity index (χ0n) is 8.40. The van der Waals surface area contributed by atoms with Crippen molar-refractivity contribution in [3.05, 3.63) is 9.98 Å². The molecule has 0 N–H and O–H groups in total. The molecule has 0 radical (unpaired) electrons. The van der Waals surface area contributed by atoms with Gasteiger partial charge in [-0.05, 0) is 29.9 Å². The van der Waals surface area contributed by atoms with Gasteiger partial charge in [-0.25, -0.2) is 4.98 Å². The van der Waals surface area contributed by atoms with Crippen molar-refractivity contribution in [3.63, 3.8) is 0 Å². The molecular formula is C9H14BrN3S. The van der Waals surface area contributed by atoms with Crippen LogP contribution in [-0.2, 0) is 0 Å². The molecule has 0 aliphatic carbocycles. The van der Waals surface area contributed by atoms with Crippen LogP contribution in [0.15, 0.2) is 9.98 Å². The number of anilines is 1. The van der Waals surface area contributed by atoms with Crippen molar-refractivity contribution in [2.45, 2.75) is 13.0 Å². The lowest BCUT2D eigenvalue weighted by Crippen LogP contribution is -2.50. The molecule has 1 aromatic rings. The van der Waals surface area contributed by atoms with E-state index >= 15 is 0 Å². The van der Waals surface area contributed by atoms with E-state index in [-0.39, 0.29) is 0 Å². The van der Waals surface area contributed by atoms with Gasteiger partial charge in [0, 0.05) is 31.1 Å². The summed E-state index contributed by atoms with van der Waals surface area (Å²) in [6.45, 7) is 5.55. The van der Waals surface area contributed by atoms with Gasteiger partial charge in [-0.15, -0.1) is 11.3 Å². The molecule has 1 saturated heterocycles. The van der Waals surface area contributed by atoms with Crippen molar-refractivity contribution in [1.82, 2.24) is 9.88 Å². The van der Waals surface area contributed by atoms with Crippen molar-refractivity contribution in [2.24, 2.45) is 0 Å². The molecule has 14 heavy (non-hydrogen) atoms. The number of aromatic nitrogens is 1. The molecule has 0 bridgehead atoms. The second-order valence-corrected chi connectivity index (χ2v) is 5.38. The molecule has 1 aromatic heterocycles. The Morgan fingerprint density at radius 3 is 2.93 bits per heavy atom. The van der Waals surface area contributed by atoms with E-state index in [1.807, 2.05) is 5.38 Å². The Balaban J connectivity index is 2.06. The molecule has 1 aliphatic rings. The third-order valence-electron chi connectivity index (χ3n) is 2.69. The van der Waals surface area contributed by atoms with Crippen LogP contribution in [0.1, 0.15) is 6.92 Å². The first-order valence-electron chi connectivity index (χ1n) is 4.73. The van der Waals surface area contributed by atoms with Crippen LogP contribution in [0.4, 0.5) is 5.13 Å². The number of hydrogen-bond donors (Lipinski definition) is 0. The van der Waals surface area contributed by atoms with Crippen LogP contribution in [0.5, 0.6) is 0 Å². The predicted octanol–water partition coefficient (Wildman–Crippen LogP) is 2.05. The number of halogens is 1. The third kappa shape index (κ3) is 2.10. The van der Waals surface area contributed by atoms with E-state index in [0.717, 1.165) is 29.4 Å². The van der Waals surface area contributed by atoms with Crippen molar-refractivity contribution < 1.29 is 0 Å². The van der Waals surface area contributed by atoms with E-state index in [9.17, 15) is 0 Å². The van der Waals surface area contributed by atoms with Gasteiger partial charge < -0.3 is 9.80 Å². The van der Waals surface area contributed by atoms with Crippen molar-refractivity contribution in [3.8, 4) is 0 Å². The van der Waals surface area contributed by atoms with E-state index in [1.54, 1.807) is 11.3 Å². The Kier molecular flexibility index (Phi) is 3.09. The highest BCUT2D eigenvalue weighted by Gasteiger charge is 2.22. The minimum atomic E-state index is 0.617. The standard InChI is InChI=1S/C9H14BrN3S/c1-7-5-13(4-3-12(7)2)9-11-8(10)6-14-9/h6-7H,3-5H2,1-2H3. The molecule has 1 atom stereocenters. The number of rotatable bonds is 1. The molecule has 0 amide bonds. The first-order chi connectivity index (χ1) is 6.66. The van der Waals surface area contributed by atoms with E-state index in [4.69, 9.17) is 0 Å². The molecule has 1 aliphatic heterocycles. The summed E-state index contributed by atoms with van der Waals surface area (Å²) >= 11 is 5.10. The van der Waals surface area contributed by atoms with E-state index in [1.165, 1.54) is 0 Å². The van der Waals surface area contributed by atoms with Crippen LogP contribution in [0, 0.1) is 0 Å². The van der Waals surface area contributed by atoms with Gasteiger partial charge >= 0.3 is 0 Å². The maximum atomic E-state index is 4.44. The van der Waals surface area contributed by atoms with E-state index < -0.39 is 0 Å². The number of piperazine rings is 1. The third-order valence-corrected chi connectivity index (χ3v) is 4.30. The lowest BCUT2D eigenvalue weighted by Gasteiger charge is -2.37. The first kappa shape index (κ1) is 10.4. The van der Waals surface area contributed by atoms with Crippen molar-refractivity contribution >= 4 is 32.4 Å². The molecule has 0 saturated carbocycles. The fraction of sp³-hybridized carbons (Fsp3) is 0.667. The predicted molar refractivity (Wildman–Crippen MR) is 64.1 cm³/mol. The molecule has 1 fully saturated rings. The smallest absolute Gasteiger partial charge is 0.186 e. The summed E-state index contributed by atoms with van der Waals surface area (Å²) in [4.78, 5) is 9.19. The van der Waals surface area contributed by atoms with E-state index in [2.05, 4.69) is 44.7 Å².